The van der Waals surface area contributed by atoms with Crippen LogP contribution in [-0.2, 0) is 16.1 Å². The van der Waals surface area contributed by atoms with Crippen LogP contribution in [0.15, 0.2) is 59.3 Å². The Labute approximate surface area is 158 Å². The molecule has 0 unspecified atom stereocenters. The maximum Gasteiger partial charge on any atom is 0.490 e. The molecule has 10 heteroatoms. The van der Waals surface area contributed by atoms with Gasteiger partial charge in [0.1, 0.15) is 6.61 Å². The summed E-state index contributed by atoms with van der Waals surface area (Å²) in [6.07, 6.45) is -1.11. The van der Waals surface area contributed by atoms with Gasteiger partial charge in [-0.3, -0.25) is 0 Å². The van der Waals surface area contributed by atoms with Gasteiger partial charge in [0.2, 0.25) is 11.8 Å². The summed E-state index contributed by atoms with van der Waals surface area (Å²) in [5, 5.41) is 17.0. The van der Waals surface area contributed by atoms with E-state index in [1.54, 1.807) is 0 Å². The van der Waals surface area contributed by atoms with Gasteiger partial charge < -0.3 is 14.3 Å². The summed E-state index contributed by atoms with van der Waals surface area (Å²) in [6.45, 7) is 0.683. The van der Waals surface area contributed by atoms with Crippen molar-refractivity contribution in [3.63, 3.8) is 0 Å². The smallest absolute Gasteiger partial charge is 0.462 e. The molecular formula is C18H17F3N3O4+. The molecule has 0 saturated carbocycles. The van der Waals surface area contributed by atoms with Gasteiger partial charge in [0, 0.05) is 17.7 Å². The molecule has 0 radical (unpaired) electrons. The molecule has 0 saturated heterocycles. The first-order valence-electron chi connectivity index (χ1n) is 7.99. The molecule has 0 atom stereocenters. The highest BCUT2D eigenvalue weighted by atomic mass is 19.4. The number of benzene rings is 1. The lowest BCUT2D eigenvalue weighted by atomic mass is 10.2. The summed E-state index contributed by atoms with van der Waals surface area (Å²) >= 11 is 0. The highest BCUT2D eigenvalue weighted by Gasteiger charge is 2.40. The lowest BCUT2D eigenvalue weighted by Crippen LogP contribution is -2.34. The maximum absolute atomic E-state index is 11.0. The molecule has 0 aliphatic carbocycles. The Morgan fingerprint density at radius 1 is 1.07 bits per heavy atom. The highest BCUT2D eigenvalue weighted by molar-refractivity contribution is 5.75. The zero-order valence-corrected chi connectivity index (χ0v) is 14.8. The Balaban J connectivity index is 0.000000300. The minimum atomic E-state index is -4.85. The fourth-order valence-corrected chi connectivity index (χ4v) is 2.02. The quantitative estimate of drug-likeness (QED) is 0.538. The van der Waals surface area contributed by atoms with Crippen LogP contribution in [-0.4, -0.2) is 41.2 Å². The summed E-state index contributed by atoms with van der Waals surface area (Å²) < 4.78 is 43.8. The summed E-state index contributed by atoms with van der Waals surface area (Å²) in [7, 11) is 0.676. The number of alkyl halides is 3. The number of carbonyl (C=O) groups is 1. The Bertz CT molecular complexity index is 881. The number of aromatic nitrogens is 3. The zero-order chi connectivity index (χ0) is 20.6. The van der Waals surface area contributed by atoms with Crippen molar-refractivity contribution in [2.75, 3.05) is 13.7 Å². The Morgan fingerprint density at radius 2 is 1.61 bits per heavy atom. The van der Waals surface area contributed by atoms with Gasteiger partial charge in [0.05, 0.1) is 12.7 Å². The molecule has 2 aromatic heterocycles. The minimum absolute atomic E-state index is 0.114. The summed E-state index contributed by atoms with van der Waals surface area (Å²) in [5.74, 6) is -1.18. The molecule has 0 bridgehead atoms. The molecule has 0 fully saturated rings. The number of nitrogens with zero attached hydrogens (tertiary/aromatic N) is 3. The fourth-order valence-electron chi connectivity index (χ4n) is 2.02. The van der Waals surface area contributed by atoms with E-state index in [1.807, 2.05) is 59.4 Å². The van der Waals surface area contributed by atoms with Gasteiger partial charge in [-0.2, -0.15) is 13.2 Å². The third-order valence-corrected chi connectivity index (χ3v) is 3.36. The van der Waals surface area contributed by atoms with E-state index in [0.717, 1.165) is 11.1 Å². The average molecular weight is 396 g/mol. The average Bonchev–Trinajstić information content (AvgIpc) is 3.19. The second-order valence-corrected chi connectivity index (χ2v) is 5.32. The largest absolute Gasteiger partial charge is 0.490 e. The third kappa shape index (κ3) is 5.88. The second kappa shape index (κ2) is 9.60. The third-order valence-electron chi connectivity index (χ3n) is 3.36. The second-order valence-electron chi connectivity index (χ2n) is 5.32. The molecule has 3 aromatic rings. The van der Waals surface area contributed by atoms with Crippen LogP contribution in [0.4, 0.5) is 13.2 Å². The van der Waals surface area contributed by atoms with Crippen LogP contribution >= 0.6 is 0 Å². The molecule has 0 spiro atoms. The molecule has 0 aliphatic rings. The van der Waals surface area contributed by atoms with E-state index in [1.165, 1.54) is 0 Å². The van der Waals surface area contributed by atoms with Crippen LogP contribution in [0.2, 0.25) is 0 Å². The molecular weight excluding hydrogens is 379 g/mol. The Morgan fingerprint density at radius 3 is 2.04 bits per heavy atom. The molecule has 2 heterocycles. The number of carbonyl (C=O) groups excluding carboxylic acids is 1. The van der Waals surface area contributed by atoms with E-state index in [4.69, 9.17) is 9.52 Å². The zero-order valence-electron chi connectivity index (χ0n) is 14.8. The van der Waals surface area contributed by atoms with Crippen molar-refractivity contribution >= 4 is 5.97 Å². The van der Waals surface area contributed by atoms with Crippen molar-refractivity contribution in [1.82, 2.24) is 10.2 Å². The number of hydrogen-bond donors (Lipinski definition) is 1. The van der Waals surface area contributed by atoms with Crippen LogP contribution in [0, 0.1) is 0 Å². The van der Waals surface area contributed by atoms with Crippen LogP contribution < -0.4 is 4.57 Å². The predicted molar refractivity (Wildman–Crippen MR) is 90.5 cm³/mol. The van der Waals surface area contributed by atoms with E-state index in [-0.39, 0.29) is 6.61 Å². The van der Waals surface area contributed by atoms with E-state index in [2.05, 4.69) is 14.9 Å². The van der Waals surface area contributed by atoms with Gasteiger partial charge >= 0.3 is 12.1 Å². The van der Waals surface area contributed by atoms with Gasteiger partial charge in [0.15, 0.2) is 18.9 Å². The normalized spacial score (nSPS) is 10.8. The van der Waals surface area contributed by atoms with Crippen molar-refractivity contribution < 1.29 is 36.8 Å². The number of aliphatic hydroxyl groups excluding tert-OH is 1. The van der Waals surface area contributed by atoms with Crippen molar-refractivity contribution in [2.24, 2.45) is 0 Å². The Hall–Kier alpha value is -3.27. The molecule has 1 N–H and O–H groups in total. The molecule has 3 rings (SSSR count). The van der Waals surface area contributed by atoms with Crippen LogP contribution in [0.25, 0.3) is 22.9 Å². The standard InChI is InChI=1S/C15H14N3O2.C3H3F3O2/c19-11-10-18-8-6-13(7-9-18)15-17-16-14(20-15)12-4-2-1-3-5-12;1-8-2(7)3(4,5)6/h1-9,19H,10-11H2;1H3/q+1;. The number of ether oxygens (including phenoxy) is 1. The van der Waals surface area contributed by atoms with Gasteiger partial charge in [-0.1, -0.05) is 18.2 Å². The first-order chi connectivity index (χ1) is 13.3. The van der Waals surface area contributed by atoms with E-state index < -0.39 is 12.1 Å². The minimum Gasteiger partial charge on any atom is -0.462 e. The monoisotopic (exact) mass is 396 g/mol. The van der Waals surface area contributed by atoms with Crippen LogP contribution in [0.1, 0.15) is 0 Å². The highest BCUT2D eigenvalue weighted by Crippen LogP contribution is 2.22. The summed E-state index contributed by atoms with van der Waals surface area (Å²) in [6, 6.07) is 13.4. The number of methoxy groups -OCH3 is 1. The molecule has 148 valence electrons. The SMILES string of the molecule is COC(=O)C(F)(F)F.OCC[n+]1ccc(-c2nnc(-c3ccccc3)o2)cc1. The van der Waals surface area contributed by atoms with Gasteiger partial charge in [-0.15, -0.1) is 10.2 Å². The fraction of sp³-hybridized carbons (Fsp3) is 0.222. The van der Waals surface area contributed by atoms with Crippen LogP contribution in [0.3, 0.4) is 0 Å². The molecule has 0 amide bonds. The topological polar surface area (TPSA) is 89.3 Å². The summed E-state index contributed by atoms with van der Waals surface area (Å²) in [4.78, 5) is 9.49. The molecule has 7 nitrogen and oxygen atoms in total. The lowest BCUT2D eigenvalue weighted by molar-refractivity contribution is -0.698. The van der Waals surface area contributed by atoms with Crippen molar-refractivity contribution in [3.8, 4) is 22.9 Å². The molecule has 1 aromatic carbocycles. The van der Waals surface area contributed by atoms with Crippen molar-refractivity contribution in [3.05, 3.63) is 54.9 Å². The molecule has 0 aliphatic heterocycles. The van der Waals surface area contributed by atoms with Gasteiger partial charge in [-0.05, 0) is 12.1 Å². The maximum atomic E-state index is 11.0. The number of aliphatic hydroxyl groups is 1. The number of halogens is 3. The van der Waals surface area contributed by atoms with Gasteiger partial charge in [-0.25, -0.2) is 9.36 Å². The number of rotatable bonds is 4. The van der Waals surface area contributed by atoms with Crippen molar-refractivity contribution in [2.45, 2.75) is 12.7 Å². The number of esters is 1. The van der Waals surface area contributed by atoms with E-state index >= 15 is 0 Å². The predicted octanol–water partition coefficient (Wildman–Crippen LogP) is 2.41. The van der Waals surface area contributed by atoms with E-state index in [9.17, 15) is 18.0 Å². The first-order valence-corrected chi connectivity index (χ1v) is 7.99. The van der Waals surface area contributed by atoms with Crippen LogP contribution in [0.5, 0.6) is 0 Å². The number of hydrogen-bond acceptors (Lipinski definition) is 6. The number of pyridine rings is 1. The van der Waals surface area contributed by atoms with Crippen molar-refractivity contribution in [1.29, 1.82) is 0 Å². The lowest BCUT2D eigenvalue weighted by Gasteiger charge is -1.99. The first kappa shape index (κ1) is 21.0. The Kier molecular flexibility index (Phi) is 7.21. The van der Waals surface area contributed by atoms with E-state index in [0.29, 0.717) is 25.4 Å². The molecule has 28 heavy (non-hydrogen) atoms. The summed E-state index contributed by atoms with van der Waals surface area (Å²) in [5.41, 5.74) is 1.76. The van der Waals surface area contributed by atoms with Gasteiger partial charge in [0.25, 0.3) is 0 Å².